The van der Waals surface area contributed by atoms with Crippen molar-refractivity contribution in [3.05, 3.63) is 53.1 Å². The predicted octanol–water partition coefficient (Wildman–Crippen LogP) is 3.45. The number of carbonyl (C=O) groups is 1. The molecular weight excluding hydrogens is 376 g/mol. The highest BCUT2D eigenvalue weighted by Gasteiger charge is 2.20. The monoisotopic (exact) mass is 396 g/mol. The number of nitrogens with one attached hydrogen (secondary N) is 1. The number of sulfonamides is 1. The number of anilines is 2. The van der Waals surface area contributed by atoms with Gasteiger partial charge in [0.1, 0.15) is 5.75 Å². The van der Waals surface area contributed by atoms with Crippen LogP contribution in [0.25, 0.3) is 0 Å². The quantitative estimate of drug-likeness (QED) is 0.777. The molecule has 0 radical (unpaired) electrons. The summed E-state index contributed by atoms with van der Waals surface area (Å²) >= 11 is 5.94. The van der Waals surface area contributed by atoms with Crippen LogP contribution in [0, 0.1) is 6.92 Å². The smallest absolute Gasteiger partial charge is 0.232 e. The lowest BCUT2D eigenvalue weighted by molar-refractivity contribution is -0.116. The van der Waals surface area contributed by atoms with Crippen LogP contribution in [0.1, 0.15) is 12.0 Å². The molecule has 2 aromatic carbocycles. The molecule has 0 aliphatic heterocycles. The topological polar surface area (TPSA) is 75.7 Å². The van der Waals surface area contributed by atoms with Crippen molar-refractivity contribution in [2.75, 3.05) is 29.5 Å². The molecule has 2 aromatic rings. The van der Waals surface area contributed by atoms with Crippen LogP contribution in [-0.2, 0) is 14.8 Å². The van der Waals surface area contributed by atoms with Gasteiger partial charge in [-0.3, -0.25) is 9.10 Å². The van der Waals surface area contributed by atoms with E-state index < -0.39 is 10.0 Å². The van der Waals surface area contributed by atoms with Crippen LogP contribution in [0.15, 0.2) is 42.5 Å². The van der Waals surface area contributed by atoms with Crippen molar-refractivity contribution in [2.45, 2.75) is 13.3 Å². The SMILES string of the molecule is COc1cccc(NC(=O)CCN(c2ccc(Cl)cc2C)S(C)(=O)=O)c1. The minimum Gasteiger partial charge on any atom is -0.497 e. The van der Waals surface area contributed by atoms with E-state index in [0.717, 1.165) is 11.8 Å². The van der Waals surface area contributed by atoms with E-state index >= 15 is 0 Å². The molecule has 0 saturated heterocycles. The maximum Gasteiger partial charge on any atom is 0.232 e. The number of methoxy groups -OCH3 is 1. The van der Waals surface area contributed by atoms with Crippen LogP contribution in [0.2, 0.25) is 5.02 Å². The Labute approximate surface area is 158 Å². The van der Waals surface area contributed by atoms with Gasteiger partial charge in [0.2, 0.25) is 15.9 Å². The zero-order chi connectivity index (χ0) is 19.3. The number of aryl methyl sites for hydroxylation is 1. The Morgan fingerprint density at radius 1 is 1.23 bits per heavy atom. The van der Waals surface area contributed by atoms with Gasteiger partial charge >= 0.3 is 0 Å². The number of benzene rings is 2. The third-order valence-corrected chi connectivity index (χ3v) is 5.14. The first-order chi connectivity index (χ1) is 12.2. The van der Waals surface area contributed by atoms with E-state index in [-0.39, 0.29) is 18.9 Å². The summed E-state index contributed by atoms with van der Waals surface area (Å²) < 4.78 is 30.7. The maximum atomic E-state index is 12.2. The molecule has 0 atom stereocenters. The van der Waals surface area contributed by atoms with E-state index in [1.54, 1.807) is 56.5 Å². The molecule has 2 rings (SSSR count). The predicted molar refractivity (Wildman–Crippen MR) is 105 cm³/mol. The molecule has 0 spiro atoms. The Morgan fingerprint density at radius 2 is 1.96 bits per heavy atom. The molecule has 0 unspecified atom stereocenters. The molecule has 0 fully saturated rings. The van der Waals surface area contributed by atoms with Crippen molar-refractivity contribution in [3.8, 4) is 5.75 Å². The molecule has 1 N–H and O–H groups in total. The standard InChI is InChI=1S/C18H21ClN2O4S/c1-13-11-14(19)7-8-17(13)21(26(3,23)24)10-9-18(22)20-15-5-4-6-16(12-15)25-2/h4-8,11-12H,9-10H2,1-3H3,(H,20,22). The van der Waals surface area contributed by atoms with E-state index in [1.807, 2.05) is 0 Å². The van der Waals surface area contributed by atoms with Gasteiger partial charge in [0.25, 0.3) is 0 Å². The molecule has 140 valence electrons. The van der Waals surface area contributed by atoms with E-state index in [2.05, 4.69) is 5.32 Å². The van der Waals surface area contributed by atoms with Crippen molar-refractivity contribution in [2.24, 2.45) is 0 Å². The van der Waals surface area contributed by atoms with E-state index in [9.17, 15) is 13.2 Å². The van der Waals surface area contributed by atoms with Gasteiger partial charge in [-0.1, -0.05) is 17.7 Å². The van der Waals surface area contributed by atoms with E-state index in [0.29, 0.717) is 22.1 Å². The zero-order valence-electron chi connectivity index (χ0n) is 14.8. The van der Waals surface area contributed by atoms with Gasteiger partial charge < -0.3 is 10.1 Å². The van der Waals surface area contributed by atoms with Crippen molar-refractivity contribution >= 4 is 38.9 Å². The highest BCUT2D eigenvalue weighted by molar-refractivity contribution is 7.92. The molecule has 1 amide bonds. The van der Waals surface area contributed by atoms with Crippen LogP contribution < -0.4 is 14.4 Å². The number of hydrogen-bond acceptors (Lipinski definition) is 4. The van der Waals surface area contributed by atoms with Gasteiger partial charge in [0.15, 0.2) is 0 Å². The third-order valence-electron chi connectivity index (χ3n) is 3.72. The summed E-state index contributed by atoms with van der Waals surface area (Å²) in [4.78, 5) is 12.2. The van der Waals surface area contributed by atoms with Gasteiger partial charge in [-0.25, -0.2) is 8.42 Å². The van der Waals surface area contributed by atoms with E-state index in [4.69, 9.17) is 16.3 Å². The number of carbonyl (C=O) groups excluding carboxylic acids is 1. The summed E-state index contributed by atoms with van der Waals surface area (Å²) in [5, 5.41) is 3.26. The molecule has 0 saturated carbocycles. The summed E-state index contributed by atoms with van der Waals surface area (Å²) in [5.41, 5.74) is 1.81. The van der Waals surface area contributed by atoms with Crippen molar-refractivity contribution in [1.29, 1.82) is 0 Å². The first kappa shape index (κ1) is 20.1. The molecule has 0 aromatic heterocycles. The summed E-state index contributed by atoms with van der Waals surface area (Å²) in [6, 6.07) is 11.9. The first-order valence-electron chi connectivity index (χ1n) is 7.88. The summed E-state index contributed by atoms with van der Waals surface area (Å²) in [6.07, 6.45) is 1.12. The number of hydrogen-bond donors (Lipinski definition) is 1. The second kappa shape index (κ2) is 8.42. The van der Waals surface area contributed by atoms with Crippen LogP contribution in [-0.4, -0.2) is 34.2 Å². The van der Waals surface area contributed by atoms with Gasteiger partial charge in [-0.15, -0.1) is 0 Å². The average molecular weight is 397 g/mol. The lowest BCUT2D eigenvalue weighted by Crippen LogP contribution is -2.33. The lowest BCUT2D eigenvalue weighted by Gasteiger charge is -2.24. The van der Waals surface area contributed by atoms with Crippen molar-refractivity contribution < 1.29 is 17.9 Å². The molecule has 0 aliphatic carbocycles. The van der Waals surface area contributed by atoms with Crippen LogP contribution in [0.3, 0.4) is 0 Å². The fourth-order valence-corrected chi connectivity index (χ4v) is 3.70. The molecular formula is C18H21ClN2O4S. The number of halogens is 1. The first-order valence-corrected chi connectivity index (χ1v) is 10.1. The summed E-state index contributed by atoms with van der Waals surface area (Å²) in [7, 11) is -2.00. The zero-order valence-corrected chi connectivity index (χ0v) is 16.4. The fraction of sp³-hybridized carbons (Fsp3) is 0.278. The number of ether oxygens (including phenoxy) is 1. The largest absolute Gasteiger partial charge is 0.497 e. The van der Waals surface area contributed by atoms with Crippen LogP contribution >= 0.6 is 11.6 Å². The minimum atomic E-state index is -3.54. The second-order valence-corrected chi connectivity index (χ2v) is 8.14. The molecule has 8 heteroatoms. The van der Waals surface area contributed by atoms with Gasteiger partial charge in [0, 0.05) is 29.7 Å². The van der Waals surface area contributed by atoms with Crippen LogP contribution in [0.4, 0.5) is 11.4 Å². The highest BCUT2D eigenvalue weighted by atomic mass is 35.5. The molecule has 6 nitrogen and oxygen atoms in total. The highest BCUT2D eigenvalue weighted by Crippen LogP contribution is 2.26. The Hall–Kier alpha value is -2.25. The maximum absolute atomic E-state index is 12.2. The number of rotatable bonds is 7. The third kappa shape index (κ3) is 5.37. The Kier molecular flexibility index (Phi) is 6.50. The van der Waals surface area contributed by atoms with Gasteiger partial charge in [0.05, 0.1) is 19.1 Å². The minimum absolute atomic E-state index is 0.00630. The lowest BCUT2D eigenvalue weighted by atomic mass is 10.2. The molecule has 0 bridgehead atoms. The van der Waals surface area contributed by atoms with Gasteiger partial charge in [-0.05, 0) is 42.8 Å². The summed E-state index contributed by atoms with van der Waals surface area (Å²) in [6.45, 7) is 1.80. The van der Waals surface area contributed by atoms with Crippen molar-refractivity contribution in [1.82, 2.24) is 0 Å². The Morgan fingerprint density at radius 3 is 2.58 bits per heavy atom. The van der Waals surface area contributed by atoms with E-state index in [1.165, 1.54) is 4.31 Å². The normalized spacial score (nSPS) is 11.1. The van der Waals surface area contributed by atoms with Gasteiger partial charge in [-0.2, -0.15) is 0 Å². The van der Waals surface area contributed by atoms with Crippen LogP contribution in [0.5, 0.6) is 5.75 Å². The van der Waals surface area contributed by atoms with Crippen molar-refractivity contribution in [3.63, 3.8) is 0 Å². The Bertz CT molecular complexity index is 900. The number of amides is 1. The summed E-state index contributed by atoms with van der Waals surface area (Å²) in [5.74, 6) is 0.330. The molecule has 0 aliphatic rings. The Balaban J connectivity index is 2.11. The second-order valence-electron chi connectivity index (χ2n) is 5.80. The fourth-order valence-electron chi connectivity index (χ4n) is 2.49. The number of nitrogens with zero attached hydrogens (tertiary/aromatic N) is 1. The average Bonchev–Trinajstić information content (AvgIpc) is 2.55. The molecule has 26 heavy (non-hydrogen) atoms. The molecule has 0 heterocycles.